The zero-order valence-corrected chi connectivity index (χ0v) is 21.2. The smallest absolute Gasteiger partial charge is 0.274 e. The fourth-order valence-corrected chi connectivity index (χ4v) is 5.94. The van der Waals surface area contributed by atoms with E-state index in [0.29, 0.717) is 18.8 Å². The Balaban J connectivity index is 1.10. The van der Waals surface area contributed by atoms with Crippen molar-refractivity contribution in [1.29, 1.82) is 0 Å². The number of hydrogen-bond donors (Lipinski definition) is 0. The third kappa shape index (κ3) is 4.42. The van der Waals surface area contributed by atoms with Crippen molar-refractivity contribution in [2.24, 2.45) is 0 Å². The van der Waals surface area contributed by atoms with Gasteiger partial charge >= 0.3 is 0 Å². The lowest BCUT2D eigenvalue weighted by Gasteiger charge is -2.34. The minimum absolute atomic E-state index is 0.0675. The normalized spacial score (nSPS) is 15.8. The molecule has 1 aliphatic carbocycles. The van der Waals surface area contributed by atoms with Crippen LogP contribution in [0.1, 0.15) is 33.9 Å². The second kappa shape index (κ2) is 9.87. The molecule has 1 saturated heterocycles. The van der Waals surface area contributed by atoms with Crippen LogP contribution in [0, 0.1) is 0 Å². The van der Waals surface area contributed by atoms with Crippen molar-refractivity contribution in [3.8, 4) is 22.0 Å². The van der Waals surface area contributed by atoms with E-state index in [9.17, 15) is 4.79 Å². The van der Waals surface area contributed by atoms with Crippen molar-refractivity contribution >= 4 is 17.2 Å². The number of carbonyl (C=O) groups excluding carboxylic acids is 1. The van der Waals surface area contributed by atoms with Crippen LogP contribution in [0.3, 0.4) is 0 Å². The molecule has 4 aromatic rings. The van der Waals surface area contributed by atoms with E-state index in [2.05, 4.69) is 22.4 Å². The predicted octanol–water partition coefficient (Wildman–Crippen LogP) is 4.45. The molecule has 8 heteroatoms. The number of fused-ring (bicyclic) bond motifs is 1. The number of ether oxygens (including phenoxy) is 1. The number of thiazole rings is 1. The number of carbonyl (C=O) groups is 1. The van der Waals surface area contributed by atoms with Crippen LogP contribution in [0.4, 0.5) is 0 Å². The first-order valence-electron chi connectivity index (χ1n) is 12.5. The zero-order valence-electron chi connectivity index (χ0n) is 20.4. The lowest BCUT2D eigenvalue weighted by Crippen LogP contribution is -2.48. The molecule has 36 heavy (non-hydrogen) atoms. The number of aromatic nitrogens is 3. The summed E-state index contributed by atoms with van der Waals surface area (Å²) < 4.78 is 7.23. The molecule has 1 aliphatic heterocycles. The van der Waals surface area contributed by atoms with Gasteiger partial charge in [-0.15, -0.1) is 11.3 Å². The third-order valence-corrected chi connectivity index (χ3v) is 8.01. The maximum Gasteiger partial charge on any atom is 0.274 e. The highest BCUT2D eigenvalue weighted by molar-refractivity contribution is 7.13. The first kappa shape index (κ1) is 22.9. The molecule has 7 nitrogen and oxygen atoms in total. The molecule has 2 aliphatic rings. The van der Waals surface area contributed by atoms with Crippen LogP contribution in [0.2, 0.25) is 0 Å². The highest BCUT2D eigenvalue weighted by Gasteiger charge is 2.31. The lowest BCUT2D eigenvalue weighted by atomic mass is 10.1. The van der Waals surface area contributed by atoms with Gasteiger partial charge in [0, 0.05) is 54.9 Å². The molecule has 1 amide bonds. The second-order valence-corrected chi connectivity index (χ2v) is 10.2. The van der Waals surface area contributed by atoms with E-state index in [1.807, 2.05) is 52.0 Å². The number of amides is 1. The van der Waals surface area contributed by atoms with Gasteiger partial charge in [-0.3, -0.25) is 9.69 Å². The van der Waals surface area contributed by atoms with Crippen LogP contribution in [-0.2, 0) is 19.4 Å². The van der Waals surface area contributed by atoms with Crippen molar-refractivity contribution in [3.63, 3.8) is 0 Å². The summed E-state index contributed by atoms with van der Waals surface area (Å²) in [4.78, 5) is 22.7. The first-order chi connectivity index (χ1) is 17.7. The van der Waals surface area contributed by atoms with E-state index in [4.69, 9.17) is 14.8 Å². The minimum atomic E-state index is 0.0675. The van der Waals surface area contributed by atoms with Gasteiger partial charge in [0.2, 0.25) is 0 Å². The molecule has 0 radical (unpaired) electrons. The average Bonchev–Trinajstić information content (AvgIpc) is 3.67. The summed E-state index contributed by atoms with van der Waals surface area (Å²) in [7, 11) is 1.67. The summed E-state index contributed by atoms with van der Waals surface area (Å²) in [6.07, 6.45) is 2.99. The third-order valence-electron chi connectivity index (χ3n) is 7.07. The molecule has 2 aromatic carbocycles. The number of hydrogen-bond acceptors (Lipinski definition) is 6. The quantitative estimate of drug-likeness (QED) is 0.392. The Hall–Kier alpha value is -3.49. The van der Waals surface area contributed by atoms with E-state index >= 15 is 0 Å². The zero-order chi connectivity index (χ0) is 24.5. The Morgan fingerprint density at radius 3 is 2.53 bits per heavy atom. The molecule has 6 rings (SSSR count). The van der Waals surface area contributed by atoms with Crippen LogP contribution in [0.25, 0.3) is 16.3 Å². The van der Waals surface area contributed by atoms with Gasteiger partial charge in [0.1, 0.15) is 10.8 Å². The Morgan fingerprint density at radius 2 is 1.78 bits per heavy atom. The SMILES string of the molecule is COc1ccc(-c2nc(CN3CCN(C(=O)c4nn(-c5ccccc5)c5c4CCC5)CC3)cs2)cc1. The fourth-order valence-electron chi connectivity index (χ4n) is 5.13. The molecule has 0 spiro atoms. The van der Waals surface area contributed by atoms with Crippen molar-refractivity contribution in [2.45, 2.75) is 25.8 Å². The van der Waals surface area contributed by atoms with E-state index in [1.165, 1.54) is 5.69 Å². The molecule has 184 valence electrons. The van der Waals surface area contributed by atoms with Crippen molar-refractivity contribution in [3.05, 3.63) is 82.6 Å². The predicted molar refractivity (Wildman–Crippen MR) is 141 cm³/mol. The molecule has 2 aromatic heterocycles. The number of para-hydroxylation sites is 1. The lowest BCUT2D eigenvalue weighted by molar-refractivity contribution is 0.0620. The highest BCUT2D eigenvalue weighted by atomic mass is 32.1. The number of methoxy groups -OCH3 is 1. The topological polar surface area (TPSA) is 63.5 Å². The van der Waals surface area contributed by atoms with Gasteiger partial charge < -0.3 is 9.64 Å². The highest BCUT2D eigenvalue weighted by Crippen LogP contribution is 2.29. The Labute approximate surface area is 215 Å². The van der Waals surface area contributed by atoms with Crippen molar-refractivity contribution < 1.29 is 9.53 Å². The molecule has 0 saturated carbocycles. The maximum atomic E-state index is 13.5. The van der Waals surface area contributed by atoms with E-state index < -0.39 is 0 Å². The van der Waals surface area contributed by atoms with E-state index in [0.717, 1.165) is 72.2 Å². The van der Waals surface area contributed by atoms with Gasteiger partial charge in [0.15, 0.2) is 5.69 Å². The largest absolute Gasteiger partial charge is 0.497 e. The monoisotopic (exact) mass is 499 g/mol. The summed E-state index contributed by atoms with van der Waals surface area (Å²) in [5.74, 6) is 0.915. The first-order valence-corrected chi connectivity index (χ1v) is 13.3. The van der Waals surface area contributed by atoms with Gasteiger partial charge in [-0.05, 0) is 55.7 Å². The van der Waals surface area contributed by atoms with E-state index in [1.54, 1.807) is 18.4 Å². The Kier molecular flexibility index (Phi) is 6.29. The van der Waals surface area contributed by atoms with Gasteiger partial charge in [0.25, 0.3) is 5.91 Å². The van der Waals surface area contributed by atoms with Crippen LogP contribution in [0.15, 0.2) is 60.0 Å². The van der Waals surface area contributed by atoms with Gasteiger partial charge in [-0.2, -0.15) is 5.10 Å². The summed E-state index contributed by atoms with van der Waals surface area (Å²) in [5, 5.41) is 7.96. The molecule has 0 N–H and O–H groups in total. The summed E-state index contributed by atoms with van der Waals surface area (Å²) in [5.41, 5.74) is 6.18. The molecular weight excluding hydrogens is 470 g/mol. The number of nitrogens with zero attached hydrogens (tertiary/aromatic N) is 5. The molecular formula is C28H29N5O2S. The summed E-state index contributed by atoms with van der Waals surface area (Å²) >= 11 is 1.67. The molecule has 0 atom stereocenters. The van der Waals surface area contributed by atoms with Crippen LogP contribution in [-0.4, -0.2) is 63.8 Å². The molecule has 1 fully saturated rings. The minimum Gasteiger partial charge on any atom is -0.497 e. The fraction of sp³-hybridized carbons (Fsp3) is 0.321. The van der Waals surface area contributed by atoms with Crippen molar-refractivity contribution in [1.82, 2.24) is 24.6 Å². The van der Waals surface area contributed by atoms with Gasteiger partial charge in [-0.25, -0.2) is 9.67 Å². The van der Waals surface area contributed by atoms with Crippen LogP contribution in [0.5, 0.6) is 5.75 Å². The second-order valence-electron chi connectivity index (χ2n) is 9.32. The molecule has 0 unspecified atom stereocenters. The standard InChI is InChI=1S/C28H29N5O2S/c1-35-23-12-10-20(11-13-23)27-29-21(19-36-27)18-31-14-16-32(17-15-31)28(34)26-24-8-5-9-25(24)33(30-26)22-6-3-2-4-7-22/h2-4,6-7,10-13,19H,5,8-9,14-18H2,1H3. The molecule has 3 heterocycles. The molecule has 0 bridgehead atoms. The summed E-state index contributed by atoms with van der Waals surface area (Å²) in [6, 6.07) is 18.2. The Morgan fingerprint density at radius 1 is 1.00 bits per heavy atom. The van der Waals surface area contributed by atoms with E-state index in [-0.39, 0.29) is 5.91 Å². The maximum absolute atomic E-state index is 13.5. The van der Waals surface area contributed by atoms with Gasteiger partial charge in [0.05, 0.1) is 18.5 Å². The average molecular weight is 500 g/mol. The van der Waals surface area contributed by atoms with Crippen LogP contribution < -0.4 is 4.74 Å². The number of piperazine rings is 1. The summed E-state index contributed by atoms with van der Waals surface area (Å²) in [6.45, 7) is 3.89. The number of benzene rings is 2. The Bertz CT molecular complexity index is 1350. The van der Waals surface area contributed by atoms with Crippen molar-refractivity contribution in [2.75, 3.05) is 33.3 Å². The number of rotatable bonds is 6. The van der Waals surface area contributed by atoms with Gasteiger partial charge in [-0.1, -0.05) is 18.2 Å². The van der Waals surface area contributed by atoms with Crippen LogP contribution >= 0.6 is 11.3 Å².